The molecule has 2 aromatic rings. The van der Waals surface area contributed by atoms with E-state index in [-0.39, 0.29) is 17.5 Å². The summed E-state index contributed by atoms with van der Waals surface area (Å²) in [6.07, 6.45) is 1.02. The van der Waals surface area contributed by atoms with E-state index in [4.69, 9.17) is 11.6 Å². The standard InChI is InChI=1S/C16H16ClNO2S/c17-11-2-4-16-13(7-11)14(5-6-21-16)18-9-10-1-3-12(19)8-15(10)20/h1-4,7-8,14,18-20H,5-6,9H2. The van der Waals surface area contributed by atoms with E-state index in [0.29, 0.717) is 6.54 Å². The lowest BCUT2D eigenvalue weighted by Gasteiger charge is -2.26. The molecule has 0 aliphatic carbocycles. The normalized spacial score (nSPS) is 17.5. The van der Waals surface area contributed by atoms with E-state index in [0.717, 1.165) is 22.8 Å². The predicted molar refractivity (Wildman–Crippen MR) is 86.1 cm³/mol. The maximum atomic E-state index is 9.83. The van der Waals surface area contributed by atoms with E-state index >= 15 is 0 Å². The summed E-state index contributed by atoms with van der Waals surface area (Å²) in [5.74, 6) is 1.25. The van der Waals surface area contributed by atoms with Crippen LogP contribution in [0.3, 0.4) is 0 Å². The van der Waals surface area contributed by atoms with Crippen molar-refractivity contribution in [2.45, 2.75) is 23.9 Å². The Balaban J connectivity index is 1.76. The lowest BCUT2D eigenvalue weighted by Crippen LogP contribution is -2.24. The summed E-state index contributed by atoms with van der Waals surface area (Å²) < 4.78 is 0. The van der Waals surface area contributed by atoms with Gasteiger partial charge in [0.15, 0.2) is 0 Å². The number of phenolic OH excluding ortho intramolecular Hbond substituents is 2. The highest BCUT2D eigenvalue weighted by molar-refractivity contribution is 7.99. The highest BCUT2D eigenvalue weighted by Crippen LogP contribution is 2.37. The van der Waals surface area contributed by atoms with E-state index in [1.165, 1.54) is 16.5 Å². The molecule has 0 fully saturated rings. The van der Waals surface area contributed by atoms with Crippen LogP contribution < -0.4 is 5.32 Å². The van der Waals surface area contributed by atoms with E-state index in [2.05, 4.69) is 11.4 Å². The summed E-state index contributed by atoms with van der Waals surface area (Å²) in [5.41, 5.74) is 1.99. The Bertz CT molecular complexity index is 663. The second kappa shape index (κ2) is 6.18. The number of phenols is 2. The molecule has 3 nitrogen and oxygen atoms in total. The molecule has 0 aromatic heterocycles. The van der Waals surface area contributed by atoms with E-state index in [9.17, 15) is 10.2 Å². The van der Waals surface area contributed by atoms with Crippen LogP contribution in [-0.4, -0.2) is 16.0 Å². The lowest BCUT2D eigenvalue weighted by molar-refractivity contribution is 0.438. The lowest BCUT2D eigenvalue weighted by atomic mass is 10.0. The zero-order chi connectivity index (χ0) is 14.8. The highest BCUT2D eigenvalue weighted by atomic mass is 35.5. The first kappa shape index (κ1) is 14.6. The van der Waals surface area contributed by atoms with Crippen LogP contribution in [0.25, 0.3) is 0 Å². The molecular weight excluding hydrogens is 306 g/mol. The fourth-order valence-corrected chi connectivity index (χ4v) is 3.80. The van der Waals surface area contributed by atoms with Crippen molar-refractivity contribution in [3.8, 4) is 11.5 Å². The number of halogens is 1. The molecular formula is C16H16ClNO2S. The van der Waals surface area contributed by atoms with Crippen LogP contribution in [0.15, 0.2) is 41.3 Å². The van der Waals surface area contributed by atoms with Crippen LogP contribution in [0.1, 0.15) is 23.6 Å². The Labute approximate surface area is 133 Å². The highest BCUT2D eigenvalue weighted by Gasteiger charge is 2.20. The number of aromatic hydroxyl groups is 2. The van der Waals surface area contributed by atoms with E-state index < -0.39 is 0 Å². The van der Waals surface area contributed by atoms with Crippen LogP contribution in [0.2, 0.25) is 5.02 Å². The second-order valence-electron chi connectivity index (χ2n) is 5.07. The number of benzene rings is 2. The van der Waals surface area contributed by atoms with Gasteiger partial charge in [0, 0.05) is 34.1 Å². The Morgan fingerprint density at radius 1 is 1.19 bits per heavy atom. The fraction of sp³-hybridized carbons (Fsp3) is 0.250. The minimum Gasteiger partial charge on any atom is -0.508 e. The maximum Gasteiger partial charge on any atom is 0.123 e. The van der Waals surface area contributed by atoms with E-state index in [1.807, 2.05) is 23.9 Å². The molecule has 21 heavy (non-hydrogen) atoms. The van der Waals surface area contributed by atoms with Gasteiger partial charge in [0.2, 0.25) is 0 Å². The Morgan fingerprint density at radius 2 is 2.05 bits per heavy atom. The molecule has 0 saturated carbocycles. The molecule has 110 valence electrons. The maximum absolute atomic E-state index is 9.83. The van der Waals surface area contributed by atoms with Gasteiger partial charge in [0.1, 0.15) is 11.5 Å². The summed E-state index contributed by atoms with van der Waals surface area (Å²) in [6, 6.07) is 10.9. The fourth-order valence-electron chi connectivity index (χ4n) is 2.51. The molecule has 3 N–H and O–H groups in total. The molecule has 1 aliphatic rings. The molecule has 1 heterocycles. The molecule has 0 amide bonds. The average Bonchev–Trinajstić information content (AvgIpc) is 2.46. The van der Waals surface area contributed by atoms with Crippen molar-refractivity contribution >= 4 is 23.4 Å². The molecule has 1 aliphatic heterocycles. The Morgan fingerprint density at radius 3 is 2.86 bits per heavy atom. The number of fused-ring (bicyclic) bond motifs is 1. The summed E-state index contributed by atoms with van der Waals surface area (Å²) in [4.78, 5) is 1.26. The number of hydrogen-bond acceptors (Lipinski definition) is 4. The van der Waals surface area contributed by atoms with Crippen LogP contribution in [0.5, 0.6) is 11.5 Å². The van der Waals surface area contributed by atoms with Gasteiger partial charge in [-0.25, -0.2) is 0 Å². The van der Waals surface area contributed by atoms with Gasteiger partial charge in [0.05, 0.1) is 0 Å². The Kier molecular flexibility index (Phi) is 4.29. The summed E-state index contributed by atoms with van der Waals surface area (Å²) in [5, 5.41) is 23.4. The summed E-state index contributed by atoms with van der Waals surface area (Å²) >= 11 is 7.94. The predicted octanol–water partition coefficient (Wildman–Crippen LogP) is 4.08. The van der Waals surface area contributed by atoms with Gasteiger partial charge in [-0.15, -0.1) is 11.8 Å². The molecule has 0 radical (unpaired) electrons. The van der Waals surface area contributed by atoms with Gasteiger partial charge >= 0.3 is 0 Å². The van der Waals surface area contributed by atoms with Crippen LogP contribution in [0.4, 0.5) is 0 Å². The quantitative estimate of drug-likeness (QED) is 0.797. The molecule has 1 unspecified atom stereocenters. The smallest absolute Gasteiger partial charge is 0.123 e. The first-order valence-electron chi connectivity index (χ1n) is 6.80. The van der Waals surface area contributed by atoms with Crippen LogP contribution >= 0.6 is 23.4 Å². The van der Waals surface area contributed by atoms with Crippen molar-refractivity contribution in [1.29, 1.82) is 0 Å². The van der Waals surface area contributed by atoms with Crippen molar-refractivity contribution in [1.82, 2.24) is 5.32 Å². The van der Waals surface area contributed by atoms with Crippen molar-refractivity contribution < 1.29 is 10.2 Å². The van der Waals surface area contributed by atoms with E-state index in [1.54, 1.807) is 12.1 Å². The van der Waals surface area contributed by atoms with Crippen LogP contribution in [0, 0.1) is 0 Å². The third-order valence-corrected chi connectivity index (χ3v) is 4.98. The number of nitrogens with one attached hydrogen (secondary N) is 1. The van der Waals surface area contributed by atoms with Crippen molar-refractivity contribution in [3.63, 3.8) is 0 Å². The van der Waals surface area contributed by atoms with Gasteiger partial charge in [-0.2, -0.15) is 0 Å². The third kappa shape index (κ3) is 3.28. The minimum atomic E-state index is 0.0717. The minimum absolute atomic E-state index is 0.0717. The number of thioether (sulfide) groups is 1. The van der Waals surface area contributed by atoms with Crippen molar-refractivity contribution in [2.24, 2.45) is 0 Å². The molecule has 5 heteroatoms. The van der Waals surface area contributed by atoms with Crippen molar-refractivity contribution in [3.05, 3.63) is 52.5 Å². The molecule has 3 rings (SSSR count). The Hall–Kier alpha value is -1.36. The summed E-state index contributed by atoms with van der Waals surface area (Å²) in [6.45, 7) is 0.549. The summed E-state index contributed by atoms with van der Waals surface area (Å²) in [7, 11) is 0. The first-order chi connectivity index (χ1) is 10.1. The zero-order valence-corrected chi connectivity index (χ0v) is 12.9. The topological polar surface area (TPSA) is 52.5 Å². The molecule has 0 spiro atoms. The van der Waals surface area contributed by atoms with Crippen molar-refractivity contribution in [2.75, 3.05) is 5.75 Å². The van der Waals surface area contributed by atoms with Gasteiger partial charge in [-0.3, -0.25) is 0 Å². The molecule has 0 bridgehead atoms. The number of rotatable bonds is 3. The number of hydrogen-bond donors (Lipinski definition) is 3. The van der Waals surface area contributed by atoms with Gasteiger partial charge in [-0.05, 0) is 42.0 Å². The van der Waals surface area contributed by atoms with Gasteiger partial charge < -0.3 is 15.5 Å². The van der Waals surface area contributed by atoms with Crippen LogP contribution in [-0.2, 0) is 6.54 Å². The third-order valence-electron chi connectivity index (χ3n) is 3.62. The second-order valence-corrected chi connectivity index (χ2v) is 6.64. The SMILES string of the molecule is Oc1ccc(CNC2CCSc3ccc(Cl)cc32)c(O)c1. The van der Waals surface area contributed by atoms with Gasteiger partial charge in [-0.1, -0.05) is 17.7 Å². The first-order valence-corrected chi connectivity index (χ1v) is 8.16. The van der Waals surface area contributed by atoms with Gasteiger partial charge in [0.25, 0.3) is 0 Å². The molecule has 1 atom stereocenters. The molecule has 0 saturated heterocycles. The monoisotopic (exact) mass is 321 g/mol. The zero-order valence-electron chi connectivity index (χ0n) is 11.3. The largest absolute Gasteiger partial charge is 0.508 e. The molecule has 2 aromatic carbocycles. The average molecular weight is 322 g/mol.